The summed E-state index contributed by atoms with van der Waals surface area (Å²) in [6.45, 7) is 2.14. The molecule has 2 aromatic heterocycles. The first-order chi connectivity index (χ1) is 9.24. The molecule has 1 N–H and O–H groups in total. The van der Waals surface area contributed by atoms with Gasteiger partial charge < -0.3 is 5.32 Å². The third-order valence-corrected chi connectivity index (χ3v) is 4.25. The summed E-state index contributed by atoms with van der Waals surface area (Å²) in [4.78, 5) is 4.15. The maximum atomic E-state index is 5.98. The normalized spacial score (nSPS) is 12.5. The molecule has 0 amide bonds. The Hall–Kier alpha value is -1.58. The summed E-state index contributed by atoms with van der Waals surface area (Å²) < 4.78 is 0.825. The molecule has 0 saturated heterocycles. The minimum absolute atomic E-state index is 0.225. The van der Waals surface area contributed by atoms with Crippen LogP contribution in [0, 0.1) is 0 Å². The number of anilines is 1. The molecule has 0 spiro atoms. The lowest BCUT2D eigenvalue weighted by molar-refractivity contribution is 0.893. The first-order valence-electron chi connectivity index (χ1n) is 6.07. The van der Waals surface area contributed by atoms with Crippen LogP contribution in [0.4, 0.5) is 5.69 Å². The topological polar surface area (TPSA) is 24.9 Å². The molecular weight excluding hydrogens is 276 g/mol. The number of aromatic nitrogens is 1. The number of fused-ring (bicyclic) bond motifs is 1. The summed E-state index contributed by atoms with van der Waals surface area (Å²) in [6, 6.07) is 10.5. The molecule has 1 atom stereocenters. The van der Waals surface area contributed by atoms with Crippen LogP contribution < -0.4 is 5.32 Å². The van der Waals surface area contributed by atoms with Crippen molar-refractivity contribution in [3.8, 4) is 0 Å². The van der Waals surface area contributed by atoms with E-state index < -0.39 is 0 Å². The van der Waals surface area contributed by atoms with Crippen molar-refractivity contribution in [1.82, 2.24) is 4.98 Å². The molecule has 0 aliphatic rings. The van der Waals surface area contributed by atoms with Gasteiger partial charge >= 0.3 is 0 Å². The van der Waals surface area contributed by atoms with Crippen LogP contribution in [0.2, 0.25) is 4.34 Å². The molecule has 4 heteroatoms. The van der Waals surface area contributed by atoms with Gasteiger partial charge in [0.1, 0.15) is 0 Å². The lowest BCUT2D eigenvalue weighted by Crippen LogP contribution is -2.05. The van der Waals surface area contributed by atoms with Gasteiger partial charge in [-0.2, -0.15) is 0 Å². The second kappa shape index (κ2) is 5.19. The van der Waals surface area contributed by atoms with Gasteiger partial charge in [0, 0.05) is 34.9 Å². The molecule has 2 heterocycles. The Morgan fingerprint density at radius 2 is 2.21 bits per heavy atom. The van der Waals surface area contributed by atoms with E-state index in [4.69, 9.17) is 11.6 Å². The third-order valence-electron chi connectivity index (χ3n) is 3.14. The third kappa shape index (κ3) is 2.57. The Labute approximate surface area is 121 Å². The number of pyridine rings is 1. The molecule has 96 valence electrons. The van der Waals surface area contributed by atoms with Crippen molar-refractivity contribution in [3.63, 3.8) is 0 Å². The zero-order valence-corrected chi connectivity index (χ0v) is 12.0. The molecule has 0 fully saturated rings. The number of thiophene rings is 1. The minimum Gasteiger partial charge on any atom is -0.378 e. The highest BCUT2D eigenvalue weighted by molar-refractivity contribution is 7.14. The lowest BCUT2D eigenvalue weighted by atomic mass is 10.1. The van der Waals surface area contributed by atoms with Crippen molar-refractivity contribution in [2.75, 3.05) is 5.32 Å². The maximum absolute atomic E-state index is 5.98. The van der Waals surface area contributed by atoms with E-state index in [9.17, 15) is 0 Å². The van der Waals surface area contributed by atoms with Gasteiger partial charge in [-0.3, -0.25) is 4.98 Å². The summed E-state index contributed by atoms with van der Waals surface area (Å²) in [7, 11) is 0. The van der Waals surface area contributed by atoms with Gasteiger partial charge in [0.05, 0.1) is 4.34 Å². The van der Waals surface area contributed by atoms with Crippen LogP contribution in [0.25, 0.3) is 10.8 Å². The van der Waals surface area contributed by atoms with Gasteiger partial charge in [-0.25, -0.2) is 0 Å². The fraction of sp³-hybridized carbons (Fsp3) is 0.133. The standard InChI is InChI=1S/C15H13ClN2S/c1-10(12-7-15(16)19-9-12)18-14-4-2-3-11-8-17-6-5-13(11)14/h2-10,18H,1H3. The molecule has 3 rings (SSSR count). The van der Waals surface area contributed by atoms with Gasteiger partial charge in [-0.05, 0) is 36.1 Å². The van der Waals surface area contributed by atoms with Crippen molar-refractivity contribution < 1.29 is 0 Å². The Bertz CT molecular complexity index is 703. The van der Waals surface area contributed by atoms with Gasteiger partial charge in [0.15, 0.2) is 0 Å². The molecule has 1 unspecified atom stereocenters. The first kappa shape index (κ1) is 12.5. The average molecular weight is 289 g/mol. The molecule has 2 nitrogen and oxygen atoms in total. The van der Waals surface area contributed by atoms with Crippen molar-refractivity contribution in [2.45, 2.75) is 13.0 Å². The van der Waals surface area contributed by atoms with Crippen LogP contribution in [0.15, 0.2) is 48.1 Å². The monoisotopic (exact) mass is 288 g/mol. The van der Waals surface area contributed by atoms with Gasteiger partial charge in [-0.1, -0.05) is 23.7 Å². The Morgan fingerprint density at radius 1 is 1.32 bits per heavy atom. The summed E-state index contributed by atoms with van der Waals surface area (Å²) in [5.41, 5.74) is 2.33. The number of hydrogen-bond acceptors (Lipinski definition) is 3. The highest BCUT2D eigenvalue weighted by atomic mass is 35.5. The Balaban J connectivity index is 1.93. The van der Waals surface area contributed by atoms with Crippen LogP contribution in [0.5, 0.6) is 0 Å². The van der Waals surface area contributed by atoms with Crippen molar-refractivity contribution >= 4 is 39.4 Å². The number of rotatable bonds is 3. The fourth-order valence-electron chi connectivity index (χ4n) is 2.12. The number of halogens is 1. The lowest BCUT2D eigenvalue weighted by Gasteiger charge is -2.15. The van der Waals surface area contributed by atoms with E-state index in [1.165, 1.54) is 10.9 Å². The molecule has 0 bridgehead atoms. The predicted molar refractivity (Wildman–Crippen MR) is 83.1 cm³/mol. The summed E-state index contributed by atoms with van der Waals surface area (Å²) in [6.07, 6.45) is 3.70. The van der Waals surface area contributed by atoms with E-state index in [0.29, 0.717) is 0 Å². The van der Waals surface area contributed by atoms with Crippen LogP contribution in [-0.4, -0.2) is 4.98 Å². The van der Waals surface area contributed by atoms with E-state index in [1.807, 2.05) is 30.6 Å². The largest absolute Gasteiger partial charge is 0.378 e. The van der Waals surface area contributed by atoms with E-state index in [0.717, 1.165) is 15.4 Å². The van der Waals surface area contributed by atoms with Gasteiger partial charge in [0.2, 0.25) is 0 Å². The van der Waals surface area contributed by atoms with Crippen molar-refractivity contribution in [2.24, 2.45) is 0 Å². The van der Waals surface area contributed by atoms with Crippen LogP contribution in [0.1, 0.15) is 18.5 Å². The summed E-state index contributed by atoms with van der Waals surface area (Å²) in [5.74, 6) is 0. The molecule has 0 radical (unpaired) electrons. The minimum atomic E-state index is 0.225. The molecule has 0 aliphatic carbocycles. The number of nitrogens with one attached hydrogen (secondary N) is 1. The SMILES string of the molecule is CC(Nc1cccc2cnccc12)c1csc(Cl)c1. The van der Waals surface area contributed by atoms with Gasteiger partial charge in [-0.15, -0.1) is 11.3 Å². The molecule has 0 saturated carbocycles. The van der Waals surface area contributed by atoms with Crippen LogP contribution in [-0.2, 0) is 0 Å². The van der Waals surface area contributed by atoms with E-state index in [2.05, 4.69) is 34.7 Å². The van der Waals surface area contributed by atoms with Crippen LogP contribution >= 0.6 is 22.9 Å². The van der Waals surface area contributed by atoms with E-state index in [1.54, 1.807) is 11.3 Å². The fourth-order valence-corrected chi connectivity index (χ4v) is 3.10. The van der Waals surface area contributed by atoms with Crippen molar-refractivity contribution in [3.05, 3.63) is 58.0 Å². The first-order valence-corrected chi connectivity index (χ1v) is 7.33. The zero-order chi connectivity index (χ0) is 13.2. The second-order valence-corrected chi connectivity index (χ2v) is 6.00. The molecule has 19 heavy (non-hydrogen) atoms. The van der Waals surface area contributed by atoms with E-state index in [-0.39, 0.29) is 6.04 Å². The highest BCUT2D eigenvalue weighted by Crippen LogP contribution is 2.29. The summed E-state index contributed by atoms with van der Waals surface area (Å²) >= 11 is 7.55. The Kier molecular flexibility index (Phi) is 3.40. The molecule has 0 aliphatic heterocycles. The quantitative estimate of drug-likeness (QED) is 0.723. The zero-order valence-electron chi connectivity index (χ0n) is 10.4. The van der Waals surface area contributed by atoms with Crippen molar-refractivity contribution in [1.29, 1.82) is 0 Å². The smallest absolute Gasteiger partial charge is 0.0931 e. The highest BCUT2D eigenvalue weighted by Gasteiger charge is 2.09. The number of nitrogens with zero attached hydrogens (tertiary/aromatic N) is 1. The second-order valence-electron chi connectivity index (χ2n) is 4.45. The Morgan fingerprint density at radius 3 is 3.00 bits per heavy atom. The maximum Gasteiger partial charge on any atom is 0.0931 e. The number of benzene rings is 1. The van der Waals surface area contributed by atoms with Gasteiger partial charge in [0.25, 0.3) is 0 Å². The predicted octanol–water partition coefficient (Wildman–Crippen LogP) is 5.12. The molecule has 3 aromatic rings. The average Bonchev–Trinajstić information content (AvgIpc) is 2.86. The number of hydrogen-bond donors (Lipinski definition) is 1. The van der Waals surface area contributed by atoms with E-state index >= 15 is 0 Å². The van der Waals surface area contributed by atoms with Crippen LogP contribution in [0.3, 0.4) is 0 Å². The molecule has 1 aromatic carbocycles. The summed E-state index contributed by atoms with van der Waals surface area (Å²) in [5, 5.41) is 7.95. The molecular formula is C15H13ClN2S.